The van der Waals surface area contributed by atoms with E-state index in [1.165, 1.54) is 24.4 Å². The van der Waals surface area contributed by atoms with Crippen LogP contribution in [-0.2, 0) is 10.0 Å². The second-order valence-electron chi connectivity index (χ2n) is 5.39. The molecule has 0 aliphatic rings. The first kappa shape index (κ1) is 18.2. The highest BCUT2D eigenvalue weighted by molar-refractivity contribution is 9.10. The number of hydrogen-bond donors (Lipinski definition) is 2. The van der Waals surface area contributed by atoms with Gasteiger partial charge in [0, 0.05) is 10.2 Å². The van der Waals surface area contributed by atoms with Crippen LogP contribution in [0.15, 0.2) is 68.6 Å². The molecule has 7 nitrogen and oxygen atoms in total. The summed E-state index contributed by atoms with van der Waals surface area (Å²) in [4.78, 5) is 12.3. The summed E-state index contributed by atoms with van der Waals surface area (Å²) in [5.41, 5.74) is 1.07. The van der Waals surface area contributed by atoms with Gasteiger partial charge < -0.3 is 9.84 Å². The fourth-order valence-electron chi connectivity index (χ4n) is 2.20. The predicted octanol–water partition coefficient (Wildman–Crippen LogP) is 3.80. The van der Waals surface area contributed by atoms with Crippen LogP contribution >= 0.6 is 15.9 Å². The molecule has 0 aliphatic heterocycles. The summed E-state index contributed by atoms with van der Waals surface area (Å²) in [5, 5.41) is 6.24. The molecule has 0 radical (unpaired) electrons. The van der Waals surface area contributed by atoms with Gasteiger partial charge in [0.05, 0.1) is 16.8 Å². The molecular formula is C17H14BrN3O4S. The number of nitrogens with one attached hydrogen (secondary N) is 2. The number of rotatable bonds is 5. The summed E-state index contributed by atoms with van der Waals surface area (Å²) < 4.78 is 33.0. The number of carbonyl (C=O) groups excluding carboxylic acids is 1. The summed E-state index contributed by atoms with van der Waals surface area (Å²) >= 11 is 3.27. The van der Waals surface area contributed by atoms with Crippen LogP contribution in [0.1, 0.15) is 16.1 Å². The number of benzene rings is 2. The third-order valence-electron chi connectivity index (χ3n) is 3.49. The quantitative estimate of drug-likeness (QED) is 0.634. The van der Waals surface area contributed by atoms with Crippen LogP contribution in [0.25, 0.3) is 0 Å². The number of nitrogens with zero attached hydrogens (tertiary/aromatic N) is 1. The van der Waals surface area contributed by atoms with Crippen molar-refractivity contribution in [3.8, 4) is 0 Å². The monoisotopic (exact) mass is 435 g/mol. The Morgan fingerprint density at radius 3 is 2.46 bits per heavy atom. The summed E-state index contributed by atoms with van der Waals surface area (Å²) in [5.74, 6) is 0.00580. The van der Waals surface area contributed by atoms with Crippen molar-refractivity contribution in [2.75, 3.05) is 10.0 Å². The molecule has 0 bridgehead atoms. The van der Waals surface area contributed by atoms with E-state index >= 15 is 0 Å². The van der Waals surface area contributed by atoms with Gasteiger partial charge in [0.1, 0.15) is 11.3 Å². The predicted molar refractivity (Wildman–Crippen MR) is 101 cm³/mol. The Bertz CT molecular complexity index is 1050. The van der Waals surface area contributed by atoms with Gasteiger partial charge >= 0.3 is 0 Å². The molecule has 0 saturated heterocycles. The molecule has 3 aromatic rings. The Kier molecular flexibility index (Phi) is 5.10. The zero-order valence-corrected chi connectivity index (χ0v) is 16.0. The summed E-state index contributed by atoms with van der Waals surface area (Å²) in [6.45, 7) is 1.63. The van der Waals surface area contributed by atoms with Crippen molar-refractivity contribution in [1.82, 2.24) is 5.16 Å². The summed E-state index contributed by atoms with van der Waals surface area (Å²) in [6, 6.07) is 12.7. The zero-order chi connectivity index (χ0) is 18.7. The van der Waals surface area contributed by atoms with Crippen molar-refractivity contribution < 1.29 is 17.7 Å². The first-order chi connectivity index (χ1) is 12.3. The number of halogens is 1. The molecule has 134 valence electrons. The van der Waals surface area contributed by atoms with Gasteiger partial charge in [-0.3, -0.25) is 9.52 Å². The van der Waals surface area contributed by atoms with Crippen molar-refractivity contribution >= 4 is 43.2 Å². The van der Waals surface area contributed by atoms with Gasteiger partial charge in [0.2, 0.25) is 0 Å². The fraction of sp³-hybridized carbons (Fsp3) is 0.0588. The maximum atomic E-state index is 12.4. The molecule has 2 aromatic carbocycles. The molecule has 26 heavy (non-hydrogen) atoms. The maximum Gasteiger partial charge on any atom is 0.261 e. The molecule has 0 aliphatic carbocycles. The summed E-state index contributed by atoms with van der Waals surface area (Å²) in [7, 11) is -3.73. The van der Waals surface area contributed by atoms with E-state index < -0.39 is 15.9 Å². The lowest BCUT2D eigenvalue weighted by Crippen LogP contribution is -2.14. The van der Waals surface area contributed by atoms with Crippen molar-refractivity contribution in [1.29, 1.82) is 0 Å². The Morgan fingerprint density at radius 2 is 1.81 bits per heavy atom. The fourth-order valence-corrected chi connectivity index (χ4v) is 3.52. The average molecular weight is 436 g/mol. The second kappa shape index (κ2) is 7.30. The van der Waals surface area contributed by atoms with Crippen LogP contribution in [0, 0.1) is 6.92 Å². The first-order valence-corrected chi connectivity index (χ1v) is 9.74. The number of anilines is 2. The lowest BCUT2D eigenvalue weighted by molar-refractivity contribution is 0.102. The molecular weight excluding hydrogens is 422 g/mol. The van der Waals surface area contributed by atoms with Gasteiger partial charge in [-0.15, -0.1) is 0 Å². The third-order valence-corrected chi connectivity index (χ3v) is 5.42. The number of hydrogen-bond acceptors (Lipinski definition) is 5. The second-order valence-corrected chi connectivity index (χ2v) is 7.99. The van der Waals surface area contributed by atoms with Gasteiger partial charge in [0.15, 0.2) is 0 Å². The van der Waals surface area contributed by atoms with E-state index in [0.29, 0.717) is 22.7 Å². The van der Waals surface area contributed by atoms with E-state index in [0.717, 1.165) is 4.47 Å². The van der Waals surface area contributed by atoms with Crippen LogP contribution in [0.3, 0.4) is 0 Å². The largest absolute Gasteiger partial charge is 0.361 e. The minimum Gasteiger partial charge on any atom is -0.361 e. The SMILES string of the molecule is Cc1oncc1C(=O)Nc1cccc(NS(=O)(=O)c2ccc(Br)cc2)c1. The number of sulfonamides is 1. The van der Waals surface area contributed by atoms with Gasteiger partial charge in [-0.25, -0.2) is 8.42 Å². The zero-order valence-electron chi connectivity index (χ0n) is 13.6. The normalized spacial score (nSPS) is 11.2. The van der Waals surface area contributed by atoms with Crippen molar-refractivity contribution in [3.05, 3.63) is 70.5 Å². The smallest absolute Gasteiger partial charge is 0.261 e. The maximum absolute atomic E-state index is 12.4. The van der Waals surface area contributed by atoms with E-state index in [1.54, 1.807) is 37.3 Å². The molecule has 0 unspecified atom stereocenters. The van der Waals surface area contributed by atoms with Gasteiger partial charge in [-0.2, -0.15) is 0 Å². The molecule has 0 spiro atoms. The molecule has 9 heteroatoms. The van der Waals surface area contributed by atoms with Crippen LogP contribution in [0.5, 0.6) is 0 Å². The van der Waals surface area contributed by atoms with Gasteiger partial charge in [-0.1, -0.05) is 27.2 Å². The highest BCUT2D eigenvalue weighted by Crippen LogP contribution is 2.21. The topological polar surface area (TPSA) is 101 Å². The third kappa shape index (κ3) is 4.12. The van der Waals surface area contributed by atoms with Crippen molar-refractivity contribution in [2.45, 2.75) is 11.8 Å². The molecule has 1 heterocycles. The van der Waals surface area contributed by atoms with Crippen LogP contribution < -0.4 is 10.0 Å². The van der Waals surface area contributed by atoms with Crippen LogP contribution in [0.2, 0.25) is 0 Å². The minimum absolute atomic E-state index is 0.134. The summed E-state index contributed by atoms with van der Waals surface area (Å²) in [6.07, 6.45) is 1.32. The van der Waals surface area contributed by atoms with Gasteiger partial charge in [0.25, 0.3) is 15.9 Å². The first-order valence-electron chi connectivity index (χ1n) is 7.46. The lowest BCUT2D eigenvalue weighted by atomic mass is 10.2. The Labute approximate surface area is 158 Å². The van der Waals surface area contributed by atoms with E-state index in [-0.39, 0.29) is 4.90 Å². The Hall–Kier alpha value is -2.65. The highest BCUT2D eigenvalue weighted by atomic mass is 79.9. The minimum atomic E-state index is -3.73. The number of aryl methyl sites for hydroxylation is 1. The molecule has 0 fully saturated rings. The van der Waals surface area contributed by atoms with E-state index in [9.17, 15) is 13.2 Å². The average Bonchev–Trinajstić information content (AvgIpc) is 3.01. The van der Waals surface area contributed by atoms with Gasteiger partial charge in [-0.05, 0) is 49.4 Å². The standard InChI is InChI=1S/C17H14BrN3O4S/c1-11-16(10-19-25-11)17(22)20-13-3-2-4-14(9-13)21-26(23,24)15-7-5-12(18)6-8-15/h2-10,21H,1H3,(H,20,22). The van der Waals surface area contributed by atoms with E-state index in [1.807, 2.05) is 0 Å². The van der Waals surface area contributed by atoms with Crippen molar-refractivity contribution in [2.24, 2.45) is 0 Å². The van der Waals surface area contributed by atoms with E-state index in [2.05, 4.69) is 31.1 Å². The molecule has 2 N–H and O–H groups in total. The Balaban J connectivity index is 1.78. The van der Waals surface area contributed by atoms with Crippen molar-refractivity contribution in [3.63, 3.8) is 0 Å². The van der Waals surface area contributed by atoms with Crippen LogP contribution in [-0.4, -0.2) is 19.5 Å². The number of carbonyl (C=O) groups is 1. The lowest BCUT2D eigenvalue weighted by Gasteiger charge is -2.10. The molecule has 1 amide bonds. The molecule has 0 saturated carbocycles. The number of aromatic nitrogens is 1. The van der Waals surface area contributed by atoms with E-state index in [4.69, 9.17) is 4.52 Å². The highest BCUT2D eigenvalue weighted by Gasteiger charge is 2.16. The molecule has 1 aromatic heterocycles. The van der Waals surface area contributed by atoms with Crippen LogP contribution in [0.4, 0.5) is 11.4 Å². The number of amides is 1. The molecule has 3 rings (SSSR count). The Morgan fingerprint density at radius 1 is 1.12 bits per heavy atom. The molecule has 0 atom stereocenters.